The monoisotopic (exact) mass is 327 g/mol. The molecule has 6 unspecified atom stereocenters. The van der Waals surface area contributed by atoms with Gasteiger partial charge in [0.25, 0.3) is 0 Å². The molecule has 0 N–H and O–H groups in total. The minimum absolute atomic E-state index is 0.749. The van der Waals surface area contributed by atoms with Gasteiger partial charge in [0.2, 0.25) is 0 Å². The normalized spacial score (nSPS) is 47.6. The standard InChI is InChI=1S/C13H27N.CH3.In/c1-8-10(3)12(5)14(7)13(6)11(4)9-2;;/h8-13H,1-7H3;1H3;. The van der Waals surface area contributed by atoms with Crippen molar-refractivity contribution in [2.75, 3.05) is 7.05 Å². The Kier molecular flexibility index (Phi) is 5.26. The van der Waals surface area contributed by atoms with Gasteiger partial charge in [-0.3, -0.25) is 0 Å². The molecule has 0 radical (unpaired) electrons. The average Bonchev–Trinajstić information content (AvgIpc) is 2.30. The molecule has 0 saturated carbocycles. The fourth-order valence-electron chi connectivity index (χ4n) is 3.43. The van der Waals surface area contributed by atoms with E-state index in [0.29, 0.717) is 0 Å². The zero-order valence-electron chi connectivity index (χ0n) is 12.5. The summed E-state index contributed by atoms with van der Waals surface area (Å²) in [5.41, 5.74) is 0. The van der Waals surface area contributed by atoms with Crippen LogP contribution in [0.25, 0.3) is 0 Å². The summed E-state index contributed by atoms with van der Waals surface area (Å²) < 4.78 is 4.72. The van der Waals surface area contributed by atoms with Crippen molar-refractivity contribution >= 4 is 21.4 Å². The predicted octanol–water partition coefficient (Wildman–Crippen LogP) is 3.89. The van der Waals surface area contributed by atoms with Crippen LogP contribution in [-0.2, 0) is 0 Å². The molecule has 6 atom stereocenters. The fourth-order valence-corrected chi connectivity index (χ4v) is 13.5. The summed E-state index contributed by atoms with van der Waals surface area (Å²) >= 11 is -1.34. The van der Waals surface area contributed by atoms with Crippen LogP contribution in [0.3, 0.4) is 0 Å². The molecule has 1 fully saturated rings. The van der Waals surface area contributed by atoms with Crippen LogP contribution in [0.2, 0.25) is 12.0 Å². The molecule has 1 aliphatic heterocycles. The Labute approximate surface area is 111 Å². The van der Waals surface area contributed by atoms with E-state index in [1.165, 1.54) is 0 Å². The number of hydrogen-bond acceptors (Lipinski definition) is 1. The Hall–Kier alpha value is 0.830. The van der Waals surface area contributed by atoms with Crippen molar-refractivity contribution in [2.45, 2.75) is 65.7 Å². The van der Waals surface area contributed by atoms with E-state index in [9.17, 15) is 0 Å². The summed E-state index contributed by atoms with van der Waals surface area (Å²) in [5.74, 6) is 1.77. The van der Waals surface area contributed by atoms with Gasteiger partial charge in [0, 0.05) is 0 Å². The van der Waals surface area contributed by atoms with Gasteiger partial charge in [-0.2, -0.15) is 0 Å². The predicted molar refractivity (Wildman–Crippen MR) is 75.5 cm³/mol. The van der Waals surface area contributed by atoms with Crippen LogP contribution in [-0.4, -0.2) is 45.5 Å². The SMILES string of the molecule is CC1C(C)N(C)C(C)C(C)[CH](C)[In]([CH3])[CH]1C. The van der Waals surface area contributed by atoms with Crippen LogP contribution in [0.4, 0.5) is 0 Å². The quantitative estimate of drug-likeness (QED) is 0.652. The molecular weight excluding hydrogens is 297 g/mol. The number of rotatable bonds is 0. The molecule has 0 aromatic heterocycles. The molecule has 2 heteroatoms. The Morgan fingerprint density at radius 3 is 1.38 bits per heavy atom. The Bertz CT molecular complexity index is 143. The van der Waals surface area contributed by atoms with E-state index >= 15 is 0 Å². The van der Waals surface area contributed by atoms with Crippen LogP contribution < -0.4 is 0 Å². The number of nitrogens with zero attached hydrogens (tertiary/aromatic N) is 1. The zero-order valence-corrected chi connectivity index (χ0v) is 15.8. The molecule has 0 aliphatic carbocycles. The van der Waals surface area contributed by atoms with Gasteiger partial charge in [0.1, 0.15) is 0 Å². The van der Waals surface area contributed by atoms with Gasteiger partial charge < -0.3 is 0 Å². The van der Waals surface area contributed by atoms with E-state index in [0.717, 1.165) is 31.3 Å². The fraction of sp³-hybridized carbons (Fsp3) is 1.00. The third-order valence-electron chi connectivity index (χ3n) is 6.12. The maximum atomic E-state index is 2.66. The third kappa shape index (κ3) is 2.63. The summed E-state index contributed by atoms with van der Waals surface area (Å²) in [5, 5.41) is 0. The molecule has 0 bridgehead atoms. The van der Waals surface area contributed by atoms with Crippen LogP contribution in [0.15, 0.2) is 0 Å². The summed E-state index contributed by atoms with van der Waals surface area (Å²) in [4.78, 5) is 2.63. The number of hydrogen-bond donors (Lipinski definition) is 0. The van der Waals surface area contributed by atoms with Crippen LogP contribution >= 0.6 is 0 Å². The van der Waals surface area contributed by atoms with E-state index in [-0.39, 0.29) is 0 Å². The van der Waals surface area contributed by atoms with E-state index in [1.807, 2.05) is 0 Å². The van der Waals surface area contributed by atoms with E-state index in [2.05, 4.69) is 58.2 Å². The molecule has 0 aromatic carbocycles. The molecule has 1 aliphatic rings. The summed E-state index contributed by atoms with van der Waals surface area (Å²) in [6.07, 6.45) is 0. The van der Waals surface area contributed by atoms with E-state index in [4.69, 9.17) is 0 Å². The topological polar surface area (TPSA) is 3.24 Å². The van der Waals surface area contributed by atoms with E-state index < -0.39 is 21.4 Å². The van der Waals surface area contributed by atoms with Crippen LogP contribution in [0, 0.1) is 11.8 Å². The van der Waals surface area contributed by atoms with Crippen molar-refractivity contribution in [1.82, 2.24) is 4.90 Å². The Morgan fingerprint density at radius 1 is 0.750 bits per heavy atom. The van der Waals surface area contributed by atoms with Crippen molar-refractivity contribution in [3.63, 3.8) is 0 Å². The van der Waals surface area contributed by atoms with Crippen molar-refractivity contribution in [3.05, 3.63) is 0 Å². The second-order valence-electron chi connectivity index (χ2n) is 6.44. The van der Waals surface area contributed by atoms with Gasteiger partial charge in [-0.05, 0) is 0 Å². The van der Waals surface area contributed by atoms with Gasteiger partial charge in [0.15, 0.2) is 0 Å². The molecule has 1 saturated heterocycles. The third-order valence-corrected chi connectivity index (χ3v) is 19.1. The Balaban J connectivity index is 2.98. The molecule has 1 rings (SSSR count). The van der Waals surface area contributed by atoms with Gasteiger partial charge in [-0.15, -0.1) is 0 Å². The summed E-state index contributed by atoms with van der Waals surface area (Å²) in [6, 6.07) is 1.50. The first-order valence-corrected chi connectivity index (χ1v) is 14.1. The van der Waals surface area contributed by atoms with Crippen molar-refractivity contribution in [2.24, 2.45) is 11.8 Å². The van der Waals surface area contributed by atoms with Gasteiger partial charge >= 0.3 is 111 Å². The second kappa shape index (κ2) is 5.65. The Morgan fingerprint density at radius 2 is 1.06 bits per heavy atom. The molecule has 0 amide bonds. The molecule has 94 valence electrons. The minimum atomic E-state index is -1.34. The molecule has 1 heterocycles. The molecule has 0 aromatic rings. The molecule has 0 spiro atoms. The maximum absolute atomic E-state index is 2.66. The van der Waals surface area contributed by atoms with Gasteiger partial charge in [-0.1, -0.05) is 0 Å². The summed E-state index contributed by atoms with van der Waals surface area (Å²) in [6.45, 7) is 14.9. The molecule has 16 heavy (non-hydrogen) atoms. The van der Waals surface area contributed by atoms with Crippen molar-refractivity contribution in [1.29, 1.82) is 0 Å². The van der Waals surface area contributed by atoms with E-state index in [1.54, 1.807) is 0 Å². The van der Waals surface area contributed by atoms with Gasteiger partial charge in [-0.25, -0.2) is 0 Å². The van der Waals surface area contributed by atoms with Crippen molar-refractivity contribution < 1.29 is 0 Å². The van der Waals surface area contributed by atoms with Crippen LogP contribution in [0.1, 0.15) is 41.5 Å². The van der Waals surface area contributed by atoms with Crippen molar-refractivity contribution in [3.8, 4) is 0 Å². The average molecular weight is 327 g/mol. The zero-order chi connectivity index (χ0) is 12.6. The summed E-state index contributed by atoms with van der Waals surface area (Å²) in [7, 11) is 2.33. The van der Waals surface area contributed by atoms with Crippen LogP contribution in [0.5, 0.6) is 0 Å². The first-order chi connectivity index (χ1) is 7.29. The molecular formula is C14H30InN. The second-order valence-corrected chi connectivity index (χ2v) is 17.3. The molecule has 1 nitrogen and oxygen atoms in total. The first-order valence-electron chi connectivity index (χ1n) is 7.01. The first kappa shape index (κ1) is 14.9. The van der Waals surface area contributed by atoms with Gasteiger partial charge in [0.05, 0.1) is 0 Å².